The number of esters is 1. The smallest absolute Gasteiger partial charge is 0.306 e. The highest BCUT2D eigenvalue weighted by atomic mass is 35.5. The Morgan fingerprint density at radius 3 is 2.70 bits per heavy atom. The predicted molar refractivity (Wildman–Crippen MR) is 39.2 cm³/mol. The number of hydrogen-bond donors (Lipinski definition) is 0. The molecule has 58 valence electrons. The molecule has 1 rings (SSSR count). The average molecular weight is 183 g/mol. The zero-order valence-electron chi connectivity index (χ0n) is 5.35. The Bertz CT molecular complexity index is 136. The largest absolute Gasteiger partial charge is 0.466 e. The molecule has 0 spiro atoms. The van der Waals surface area contributed by atoms with Gasteiger partial charge in [-0.1, -0.05) is 0 Å². The monoisotopic (exact) mass is 182 g/mol. The molecule has 1 atom stereocenters. The van der Waals surface area contributed by atoms with E-state index in [1.54, 1.807) is 0 Å². The Morgan fingerprint density at radius 1 is 1.60 bits per heavy atom. The van der Waals surface area contributed by atoms with Crippen LogP contribution in [0.3, 0.4) is 0 Å². The van der Waals surface area contributed by atoms with Crippen molar-refractivity contribution in [2.75, 3.05) is 6.61 Å². The Kier molecular flexibility index (Phi) is 2.81. The molecule has 1 saturated heterocycles. The van der Waals surface area contributed by atoms with Gasteiger partial charge in [0.1, 0.15) is 4.84 Å². The van der Waals surface area contributed by atoms with Crippen molar-refractivity contribution in [2.45, 2.75) is 17.7 Å². The molecule has 0 aromatic rings. The topological polar surface area (TPSA) is 26.3 Å². The molecule has 1 aliphatic rings. The van der Waals surface area contributed by atoms with Gasteiger partial charge in [-0.05, 0) is 6.42 Å². The van der Waals surface area contributed by atoms with Gasteiger partial charge in [-0.25, -0.2) is 0 Å². The van der Waals surface area contributed by atoms with E-state index in [-0.39, 0.29) is 11.9 Å². The van der Waals surface area contributed by atoms with Gasteiger partial charge in [0.05, 0.1) is 13.0 Å². The second-order valence-electron chi connectivity index (χ2n) is 2.31. The van der Waals surface area contributed by atoms with Crippen molar-refractivity contribution < 1.29 is 9.53 Å². The molecule has 1 fully saturated rings. The van der Waals surface area contributed by atoms with E-state index in [0.29, 0.717) is 13.0 Å². The third-order valence-electron chi connectivity index (χ3n) is 1.54. The number of halogens is 2. The van der Waals surface area contributed by atoms with Gasteiger partial charge >= 0.3 is 5.97 Å². The molecule has 0 aromatic carbocycles. The second kappa shape index (κ2) is 3.44. The fourth-order valence-corrected chi connectivity index (χ4v) is 1.34. The molecule has 1 heterocycles. The lowest BCUT2D eigenvalue weighted by molar-refractivity contribution is -0.148. The zero-order valence-corrected chi connectivity index (χ0v) is 6.86. The van der Waals surface area contributed by atoms with Gasteiger partial charge in [0.15, 0.2) is 0 Å². The lowest BCUT2D eigenvalue weighted by Gasteiger charge is -2.21. The van der Waals surface area contributed by atoms with Crippen molar-refractivity contribution in [1.82, 2.24) is 0 Å². The van der Waals surface area contributed by atoms with Gasteiger partial charge in [-0.15, -0.1) is 23.2 Å². The van der Waals surface area contributed by atoms with E-state index in [1.807, 2.05) is 0 Å². The van der Waals surface area contributed by atoms with Crippen LogP contribution < -0.4 is 0 Å². The summed E-state index contributed by atoms with van der Waals surface area (Å²) in [7, 11) is 0. The number of ether oxygens (including phenoxy) is 1. The molecule has 10 heavy (non-hydrogen) atoms. The van der Waals surface area contributed by atoms with Gasteiger partial charge in [-0.2, -0.15) is 0 Å². The summed E-state index contributed by atoms with van der Waals surface area (Å²) in [5.41, 5.74) is 0. The number of cyclic esters (lactones) is 1. The Balaban J connectivity index is 2.39. The van der Waals surface area contributed by atoms with Crippen molar-refractivity contribution >= 4 is 29.2 Å². The van der Waals surface area contributed by atoms with Crippen molar-refractivity contribution in [2.24, 2.45) is 5.92 Å². The molecule has 0 aromatic heterocycles. The third-order valence-corrected chi connectivity index (χ3v) is 2.25. The van der Waals surface area contributed by atoms with Crippen LogP contribution in [0.1, 0.15) is 12.8 Å². The van der Waals surface area contributed by atoms with Crippen LogP contribution in [-0.2, 0) is 9.53 Å². The minimum absolute atomic E-state index is 0.0876. The number of alkyl halides is 2. The van der Waals surface area contributed by atoms with Crippen molar-refractivity contribution in [1.29, 1.82) is 0 Å². The van der Waals surface area contributed by atoms with E-state index in [2.05, 4.69) is 0 Å². The summed E-state index contributed by atoms with van der Waals surface area (Å²) in [4.78, 5) is 10.2. The maximum Gasteiger partial charge on any atom is 0.306 e. The molecule has 2 nitrogen and oxygen atoms in total. The van der Waals surface area contributed by atoms with Crippen LogP contribution in [0, 0.1) is 5.92 Å². The highest BCUT2D eigenvalue weighted by Gasteiger charge is 2.25. The molecular formula is C6H8Cl2O2. The SMILES string of the molecule is O=C1C[C@@H](C(Cl)Cl)CCO1. The van der Waals surface area contributed by atoms with E-state index < -0.39 is 4.84 Å². The summed E-state index contributed by atoms with van der Waals surface area (Å²) in [6.45, 7) is 0.458. The van der Waals surface area contributed by atoms with Gasteiger partial charge in [0, 0.05) is 5.92 Å². The Morgan fingerprint density at radius 2 is 2.30 bits per heavy atom. The third kappa shape index (κ3) is 2.03. The summed E-state index contributed by atoms with van der Waals surface area (Å²) in [6.07, 6.45) is 1.14. The van der Waals surface area contributed by atoms with Crippen molar-refractivity contribution in [3.8, 4) is 0 Å². The summed E-state index contributed by atoms with van der Waals surface area (Å²) in [6, 6.07) is 0. The fourth-order valence-electron chi connectivity index (χ4n) is 0.914. The minimum Gasteiger partial charge on any atom is -0.466 e. The van der Waals surface area contributed by atoms with Gasteiger partial charge in [0.25, 0.3) is 0 Å². The highest BCUT2D eigenvalue weighted by Crippen LogP contribution is 2.25. The second-order valence-corrected chi connectivity index (χ2v) is 3.47. The van der Waals surface area contributed by atoms with Crippen LogP contribution in [0.2, 0.25) is 0 Å². The molecule has 0 bridgehead atoms. The lowest BCUT2D eigenvalue weighted by Crippen LogP contribution is -2.24. The van der Waals surface area contributed by atoms with Crippen molar-refractivity contribution in [3.05, 3.63) is 0 Å². The van der Waals surface area contributed by atoms with Crippen molar-refractivity contribution in [3.63, 3.8) is 0 Å². The summed E-state index contributed by atoms with van der Waals surface area (Å²) >= 11 is 11.2. The fraction of sp³-hybridized carbons (Fsp3) is 0.833. The van der Waals surface area contributed by atoms with Crippen LogP contribution in [0.5, 0.6) is 0 Å². The van der Waals surface area contributed by atoms with E-state index in [9.17, 15) is 4.79 Å². The van der Waals surface area contributed by atoms with Gasteiger partial charge in [-0.3, -0.25) is 4.79 Å². The number of hydrogen-bond acceptors (Lipinski definition) is 2. The van der Waals surface area contributed by atoms with Crippen LogP contribution in [0.25, 0.3) is 0 Å². The summed E-state index contributed by atoms with van der Waals surface area (Å²) in [5, 5.41) is 0. The normalized spacial score (nSPS) is 26.7. The summed E-state index contributed by atoms with van der Waals surface area (Å²) < 4.78 is 4.70. The van der Waals surface area contributed by atoms with E-state index in [0.717, 1.165) is 6.42 Å². The number of carbonyl (C=O) groups excluding carboxylic acids is 1. The maximum absolute atomic E-state index is 10.6. The Hall–Kier alpha value is 0.0500. The molecule has 4 heteroatoms. The zero-order chi connectivity index (χ0) is 7.56. The van der Waals surface area contributed by atoms with E-state index in [1.165, 1.54) is 0 Å². The quantitative estimate of drug-likeness (QED) is 0.457. The Labute approximate surface area is 69.4 Å². The number of carbonyl (C=O) groups is 1. The van der Waals surface area contributed by atoms with Gasteiger partial charge < -0.3 is 4.74 Å². The highest BCUT2D eigenvalue weighted by molar-refractivity contribution is 6.44. The lowest BCUT2D eigenvalue weighted by atomic mass is 10.0. The molecule has 0 radical (unpaired) electrons. The standard InChI is InChI=1S/C6H8Cl2O2/c7-6(8)4-1-2-10-5(9)3-4/h4,6H,1-3H2/t4-/m0/s1. The predicted octanol–water partition coefficient (Wildman–Crippen LogP) is 1.74. The van der Waals surface area contributed by atoms with E-state index in [4.69, 9.17) is 27.9 Å². The molecule has 0 saturated carbocycles. The van der Waals surface area contributed by atoms with Crippen LogP contribution in [0.15, 0.2) is 0 Å². The van der Waals surface area contributed by atoms with E-state index >= 15 is 0 Å². The molecule has 0 unspecified atom stereocenters. The minimum atomic E-state index is -0.437. The van der Waals surface area contributed by atoms with Gasteiger partial charge in [0.2, 0.25) is 0 Å². The first kappa shape index (κ1) is 8.15. The maximum atomic E-state index is 10.6. The molecule has 1 aliphatic heterocycles. The molecule has 0 aliphatic carbocycles. The molecule has 0 amide bonds. The average Bonchev–Trinajstić information content (AvgIpc) is 1.88. The number of rotatable bonds is 1. The molecular weight excluding hydrogens is 175 g/mol. The first-order chi connectivity index (χ1) is 4.70. The summed E-state index contributed by atoms with van der Waals surface area (Å²) in [5.74, 6) is -0.105. The van der Waals surface area contributed by atoms with Crippen LogP contribution in [-0.4, -0.2) is 17.4 Å². The first-order valence-electron chi connectivity index (χ1n) is 3.14. The molecule has 0 N–H and O–H groups in total. The first-order valence-corrected chi connectivity index (χ1v) is 4.01. The van der Waals surface area contributed by atoms with Crippen LogP contribution >= 0.6 is 23.2 Å². The van der Waals surface area contributed by atoms with Crippen LogP contribution in [0.4, 0.5) is 0 Å².